The Bertz CT molecular complexity index is 1480. The van der Waals surface area contributed by atoms with E-state index in [0.717, 1.165) is 55.8 Å². The lowest BCUT2D eigenvalue weighted by atomic mass is 9.82. The fourth-order valence-electron chi connectivity index (χ4n) is 6.25. The average Bonchev–Trinajstić information content (AvgIpc) is 3.34. The minimum atomic E-state index is -4.36. The number of ether oxygens (including phenoxy) is 1. The number of hydrogen-bond donors (Lipinski definition) is 1. The molecule has 2 aliphatic rings. The van der Waals surface area contributed by atoms with Gasteiger partial charge in [0.2, 0.25) is 0 Å². The molecule has 1 saturated carbocycles. The monoisotopic (exact) mass is 591 g/mol. The Morgan fingerprint density at radius 3 is 2.49 bits per heavy atom. The lowest BCUT2D eigenvalue weighted by molar-refractivity contribution is -0.140. The Kier molecular flexibility index (Phi) is 9.64. The van der Waals surface area contributed by atoms with Crippen LogP contribution in [0.25, 0.3) is 10.9 Å². The first-order valence-electron chi connectivity index (χ1n) is 15.2. The molecule has 2 aromatic heterocycles. The molecule has 3 aromatic rings. The van der Waals surface area contributed by atoms with Crippen LogP contribution in [0.5, 0.6) is 0 Å². The van der Waals surface area contributed by atoms with Gasteiger partial charge in [-0.3, -0.25) is 9.88 Å². The largest absolute Gasteiger partial charge is 0.406 e. The van der Waals surface area contributed by atoms with Crippen molar-refractivity contribution in [2.45, 2.75) is 76.6 Å². The van der Waals surface area contributed by atoms with Crippen LogP contribution in [0.4, 0.5) is 18.9 Å². The van der Waals surface area contributed by atoms with Crippen molar-refractivity contribution in [1.82, 2.24) is 14.5 Å². The van der Waals surface area contributed by atoms with Gasteiger partial charge in [0.1, 0.15) is 6.54 Å². The first-order chi connectivity index (χ1) is 20.6. The zero-order chi connectivity index (χ0) is 30.5. The van der Waals surface area contributed by atoms with E-state index in [2.05, 4.69) is 33.1 Å². The van der Waals surface area contributed by atoms with Gasteiger partial charge >= 0.3 is 6.18 Å². The van der Waals surface area contributed by atoms with Crippen LogP contribution in [0.15, 0.2) is 42.6 Å². The SMILES string of the molecule is CC(C)(C#N)c1ccc(NCC#Cc2cc3cc(CCC4CCC(N5CCOCC5)CC4)ccc3n2CC(F)(F)F)cn1. The zero-order valence-corrected chi connectivity index (χ0v) is 25.0. The number of nitriles is 1. The van der Waals surface area contributed by atoms with E-state index in [4.69, 9.17) is 4.74 Å². The van der Waals surface area contributed by atoms with Gasteiger partial charge in [-0.05, 0) is 100 Å². The minimum absolute atomic E-state index is 0.245. The number of nitrogens with zero attached hydrogens (tertiary/aromatic N) is 4. The van der Waals surface area contributed by atoms with Gasteiger partial charge < -0.3 is 14.6 Å². The molecule has 3 heterocycles. The van der Waals surface area contributed by atoms with E-state index in [-0.39, 0.29) is 6.54 Å². The lowest BCUT2D eigenvalue weighted by Crippen LogP contribution is -2.45. The standard InChI is InChI=1S/C34H40F3N5O/c1-33(2,23-38)32-14-10-28(22-40-32)39-15-3-4-30-21-27-20-26(9-13-31(27)42(30)24-34(35,36)37)6-5-25-7-11-29(12-8-25)41-16-18-43-19-17-41/h9-10,13-14,20-22,25,29,39H,5-8,11-12,15-19,24H2,1-2H3. The van der Waals surface area contributed by atoms with Crippen LogP contribution >= 0.6 is 0 Å². The van der Waals surface area contributed by atoms with E-state index >= 15 is 0 Å². The molecule has 0 atom stereocenters. The van der Waals surface area contributed by atoms with Gasteiger partial charge in [-0.1, -0.05) is 12.0 Å². The highest BCUT2D eigenvalue weighted by Crippen LogP contribution is 2.32. The van der Waals surface area contributed by atoms with E-state index in [1.165, 1.54) is 30.3 Å². The summed E-state index contributed by atoms with van der Waals surface area (Å²) < 4.78 is 47.3. The third kappa shape index (κ3) is 8.10. The third-order valence-corrected chi connectivity index (χ3v) is 8.80. The Balaban J connectivity index is 1.21. The molecule has 5 rings (SSSR count). The molecule has 1 aliphatic carbocycles. The van der Waals surface area contributed by atoms with Crippen LogP contribution in [0.2, 0.25) is 0 Å². The number of nitrogens with one attached hydrogen (secondary N) is 1. The van der Waals surface area contributed by atoms with Crippen molar-refractivity contribution < 1.29 is 17.9 Å². The quantitative estimate of drug-likeness (QED) is 0.296. The van der Waals surface area contributed by atoms with E-state index < -0.39 is 18.1 Å². The van der Waals surface area contributed by atoms with E-state index in [9.17, 15) is 18.4 Å². The number of rotatable bonds is 8. The second-order valence-electron chi connectivity index (χ2n) is 12.3. The summed E-state index contributed by atoms with van der Waals surface area (Å²) in [5, 5.41) is 13.2. The van der Waals surface area contributed by atoms with Crippen LogP contribution in [-0.2, 0) is 23.1 Å². The molecular weight excluding hydrogens is 551 g/mol. The van der Waals surface area contributed by atoms with Crippen molar-refractivity contribution >= 4 is 16.6 Å². The molecule has 1 N–H and O–H groups in total. The molecule has 228 valence electrons. The number of aromatic nitrogens is 2. The van der Waals surface area contributed by atoms with Crippen LogP contribution in [0, 0.1) is 29.1 Å². The molecule has 9 heteroatoms. The van der Waals surface area contributed by atoms with Crippen molar-refractivity contribution in [3.63, 3.8) is 0 Å². The Morgan fingerprint density at radius 1 is 1.05 bits per heavy atom. The number of alkyl halides is 3. The molecule has 0 amide bonds. The van der Waals surface area contributed by atoms with Gasteiger partial charge in [0.05, 0.1) is 54.5 Å². The highest BCUT2D eigenvalue weighted by Gasteiger charge is 2.30. The molecule has 1 aromatic carbocycles. The summed E-state index contributed by atoms with van der Waals surface area (Å²) in [6, 6.07) is 14.1. The normalized spacial score (nSPS) is 19.9. The second-order valence-corrected chi connectivity index (χ2v) is 12.3. The van der Waals surface area contributed by atoms with Gasteiger partial charge in [-0.2, -0.15) is 18.4 Å². The second kappa shape index (κ2) is 13.4. The molecule has 0 spiro atoms. The summed E-state index contributed by atoms with van der Waals surface area (Å²) in [6.07, 6.45) is 4.25. The van der Waals surface area contributed by atoms with Crippen molar-refractivity contribution in [3.8, 4) is 17.9 Å². The fourth-order valence-corrected chi connectivity index (χ4v) is 6.25. The summed E-state index contributed by atoms with van der Waals surface area (Å²) in [6.45, 7) is 6.53. The lowest BCUT2D eigenvalue weighted by Gasteiger charge is -2.38. The smallest absolute Gasteiger partial charge is 0.379 e. The van der Waals surface area contributed by atoms with E-state index in [1.807, 2.05) is 24.3 Å². The van der Waals surface area contributed by atoms with Crippen LogP contribution in [-0.4, -0.2) is 59.5 Å². The first-order valence-corrected chi connectivity index (χ1v) is 15.2. The Labute approximate surface area is 252 Å². The number of hydrogen-bond acceptors (Lipinski definition) is 5. The fraction of sp³-hybridized carbons (Fsp3) is 0.529. The molecule has 0 bridgehead atoms. The third-order valence-electron chi connectivity index (χ3n) is 8.80. The highest BCUT2D eigenvalue weighted by molar-refractivity contribution is 5.83. The van der Waals surface area contributed by atoms with Gasteiger partial charge in [-0.15, -0.1) is 0 Å². The number of halogens is 3. The number of fused-ring (bicyclic) bond motifs is 1. The summed E-state index contributed by atoms with van der Waals surface area (Å²) in [5.74, 6) is 6.61. The van der Waals surface area contributed by atoms with Gasteiger partial charge in [0, 0.05) is 30.0 Å². The van der Waals surface area contributed by atoms with Gasteiger partial charge in [0.25, 0.3) is 0 Å². The molecule has 6 nitrogen and oxygen atoms in total. The number of benzene rings is 1. The van der Waals surface area contributed by atoms with Crippen molar-refractivity contribution in [3.05, 3.63) is 59.5 Å². The molecule has 43 heavy (non-hydrogen) atoms. The van der Waals surface area contributed by atoms with Crippen molar-refractivity contribution in [2.24, 2.45) is 5.92 Å². The predicted octanol–water partition coefficient (Wildman–Crippen LogP) is 6.69. The molecule has 2 fully saturated rings. The number of morpholine rings is 1. The summed E-state index contributed by atoms with van der Waals surface area (Å²) in [4.78, 5) is 6.93. The van der Waals surface area contributed by atoms with Gasteiger partial charge in [0.15, 0.2) is 0 Å². The molecule has 0 radical (unpaired) electrons. The maximum absolute atomic E-state index is 13.5. The maximum atomic E-state index is 13.5. The predicted molar refractivity (Wildman–Crippen MR) is 163 cm³/mol. The van der Waals surface area contributed by atoms with E-state index in [0.29, 0.717) is 28.9 Å². The summed E-state index contributed by atoms with van der Waals surface area (Å²) in [7, 11) is 0. The maximum Gasteiger partial charge on any atom is 0.406 e. The Hall–Kier alpha value is -3.53. The van der Waals surface area contributed by atoms with Crippen LogP contribution < -0.4 is 5.32 Å². The van der Waals surface area contributed by atoms with Crippen LogP contribution in [0.3, 0.4) is 0 Å². The number of anilines is 1. The summed E-state index contributed by atoms with van der Waals surface area (Å²) >= 11 is 0. The Morgan fingerprint density at radius 2 is 1.81 bits per heavy atom. The molecular formula is C34H40F3N5O. The van der Waals surface area contributed by atoms with Gasteiger partial charge in [-0.25, -0.2) is 0 Å². The average molecular weight is 592 g/mol. The van der Waals surface area contributed by atoms with Crippen molar-refractivity contribution in [1.29, 1.82) is 5.26 Å². The van der Waals surface area contributed by atoms with Crippen LogP contribution in [0.1, 0.15) is 62.9 Å². The minimum Gasteiger partial charge on any atom is -0.379 e. The van der Waals surface area contributed by atoms with E-state index in [1.54, 1.807) is 32.2 Å². The molecule has 0 unspecified atom stereocenters. The summed E-state index contributed by atoms with van der Waals surface area (Å²) in [5.41, 5.74) is 2.75. The number of aryl methyl sites for hydroxylation is 1. The first kappa shape index (κ1) is 30.9. The zero-order valence-electron chi connectivity index (χ0n) is 25.0. The number of pyridine rings is 1. The van der Waals surface area contributed by atoms with Crippen molar-refractivity contribution in [2.75, 3.05) is 38.2 Å². The highest BCUT2D eigenvalue weighted by atomic mass is 19.4. The molecule has 1 saturated heterocycles. The topological polar surface area (TPSA) is 66.1 Å². The molecule has 1 aliphatic heterocycles.